The highest BCUT2D eigenvalue weighted by molar-refractivity contribution is 5.85. The Morgan fingerprint density at radius 1 is 1.42 bits per heavy atom. The number of hydrogen-bond donors (Lipinski definition) is 2. The third-order valence-electron chi connectivity index (χ3n) is 7.17. The lowest BCUT2D eigenvalue weighted by atomic mass is 9.61. The number of hydrogen-bond acceptors (Lipinski definition) is 3. The molecule has 2 fully saturated rings. The minimum Gasteiger partial charge on any atom is -0.506 e. The molecule has 4 nitrogen and oxygen atoms in total. The molecule has 1 aromatic carbocycles. The zero-order valence-electron chi connectivity index (χ0n) is 14.2. The second-order valence-corrected chi connectivity index (χ2v) is 8.02. The quantitative estimate of drug-likeness (QED) is 0.362. The second-order valence-electron chi connectivity index (χ2n) is 8.02. The monoisotopic (exact) mass is 323 g/mol. The van der Waals surface area contributed by atoms with Crippen molar-refractivity contribution in [3.8, 4) is 5.75 Å². The molecule has 0 saturated carbocycles. The van der Waals surface area contributed by atoms with Crippen LogP contribution in [0.15, 0.2) is 41.1 Å². The Balaban J connectivity index is 1.86. The Morgan fingerprint density at radius 3 is 3.00 bits per heavy atom. The number of carbonyl (C=O) groups is 1. The topological polar surface area (TPSA) is 49.3 Å². The predicted molar refractivity (Wildman–Crippen MR) is 92.7 cm³/mol. The first kappa shape index (κ1) is 14.3. The lowest BCUT2D eigenvalue weighted by Gasteiger charge is -2.51. The van der Waals surface area contributed by atoms with Crippen LogP contribution in [0.25, 0.3) is 0 Å². The molecule has 0 radical (unpaired) electrons. The van der Waals surface area contributed by atoms with Crippen molar-refractivity contribution in [2.45, 2.75) is 31.2 Å². The molecule has 2 N–H and O–H groups in total. The van der Waals surface area contributed by atoms with Gasteiger partial charge >= 0.3 is 0 Å². The van der Waals surface area contributed by atoms with Gasteiger partial charge in [-0.15, -0.1) is 0 Å². The van der Waals surface area contributed by atoms with E-state index in [9.17, 15) is 9.90 Å². The van der Waals surface area contributed by atoms with Crippen LogP contribution in [0.2, 0.25) is 0 Å². The third-order valence-corrected chi connectivity index (χ3v) is 7.17. The number of aldehydes is 1. The molecule has 1 aliphatic carbocycles. The van der Waals surface area contributed by atoms with Gasteiger partial charge in [-0.25, -0.2) is 0 Å². The van der Waals surface area contributed by atoms with E-state index in [0.29, 0.717) is 6.04 Å². The number of likely N-dealkylation sites (N-methyl/N-ethyl adjacent to an activating group) is 1. The summed E-state index contributed by atoms with van der Waals surface area (Å²) in [5.41, 5.74) is 5.23. The van der Waals surface area contributed by atoms with E-state index in [1.54, 1.807) is 6.07 Å². The van der Waals surface area contributed by atoms with Gasteiger partial charge in [-0.2, -0.15) is 0 Å². The fraction of sp³-hybridized carbons (Fsp3) is 0.450. The standard InChI is InChI=1S/C20H22N2O2/c1-3-12-10-22(2)8-7-20-15-5-4-6-16(24)18(15)21-19(20)14(11-23)13(12)9-17(20)22/h3-6,11,13,17H,7-10H2,1-2H3,(H-,21,23,24)/p+1/b12-3+/t13-,17-,20+,22?/m0/s1. The fourth-order valence-corrected chi connectivity index (χ4v) is 6.12. The highest BCUT2D eigenvalue weighted by Gasteiger charge is 2.67. The molecule has 3 heterocycles. The molecule has 5 rings (SSSR count). The summed E-state index contributed by atoms with van der Waals surface area (Å²) in [4.78, 5) is 12.1. The molecular formula is C20H23N2O2+. The number of fused-ring (bicyclic) bond motifs is 2. The van der Waals surface area contributed by atoms with Crippen molar-refractivity contribution in [2.75, 3.05) is 25.5 Å². The maximum absolute atomic E-state index is 12.1. The van der Waals surface area contributed by atoms with E-state index in [2.05, 4.69) is 31.4 Å². The highest BCUT2D eigenvalue weighted by Crippen LogP contribution is 2.63. The van der Waals surface area contributed by atoms with Gasteiger partial charge in [0.15, 0.2) is 0 Å². The average Bonchev–Trinajstić information content (AvgIpc) is 3.09. The van der Waals surface area contributed by atoms with Gasteiger partial charge in [0.2, 0.25) is 0 Å². The van der Waals surface area contributed by atoms with Crippen molar-refractivity contribution in [1.29, 1.82) is 0 Å². The Kier molecular flexibility index (Phi) is 2.56. The molecule has 1 spiro atoms. The Morgan fingerprint density at radius 2 is 2.25 bits per heavy atom. The highest BCUT2D eigenvalue weighted by atomic mass is 16.3. The lowest BCUT2D eigenvalue weighted by molar-refractivity contribution is -0.923. The Bertz CT molecular complexity index is 840. The van der Waals surface area contributed by atoms with Crippen LogP contribution in [-0.4, -0.2) is 42.1 Å². The van der Waals surface area contributed by atoms with Crippen molar-refractivity contribution >= 4 is 12.0 Å². The molecule has 2 bridgehead atoms. The number of rotatable bonds is 1. The number of nitrogens with zero attached hydrogens (tertiary/aromatic N) is 1. The lowest BCUT2D eigenvalue weighted by Crippen LogP contribution is -2.61. The normalized spacial score (nSPS) is 40.3. The van der Waals surface area contributed by atoms with Crippen LogP contribution < -0.4 is 5.32 Å². The SMILES string of the molecule is C/C=C1\C[N+]2(C)CC[C@]34C(=C(C=O)[C@H]1C[C@@H]32)Nc1c(O)cccc14. The summed E-state index contributed by atoms with van der Waals surface area (Å²) in [5, 5.41) is 13.8. The van der Waals surface area contributed by atoms with E-state index in [1.165, 1.54) is 11.1 Å². The van der Waals surface area contributed by atoms with E-state index < -0.39 is 0 Å². The van der Waals surface area contributed by atoms with Gasteiger partial charge in [-0.3, -0.25) is 4.79 Å². The van der Waals surface area contributed by atoms with Gasteiger partial charge in [0.05, 0.1) is 24.7 Å². The van der Waals surface area contributed by atoms with Crippen molar-refractivity contribution in [3.63, 3.8) is 0 Å². The fourth-order valence-electron chi connectivity index (χ4n) is 6.12. The summed E-state index contributed by atoms with van der Waals surface area (Å²) < 4.78 is 1.04. The first-order chi connectivity index (χ1) is 11.5. The van der Waals surface area contributed by atoms with Crippen LogP contribution in [0.4, 0.5) is 5.69 Å². The molecule has 4 heteroatoms. The number of anilines is 1. The summed E-state index contributed by atoms with van der Waals surface area (Å²) in [6, 6.07) is 6.27. The summed E-state index contributed by atoms with van der Waals surface area (Å²) in [6.07, 6.45) is 5.34. The number of carbonyl (C=O) groups excluding carboxylic acids is 1. The maximum atomic E-state index is 12.1. The van der Waals surface area contributed by atoms with Crippen LogP contribution in [0.3, 0.4) is 0 Å². The summed E-state index contributed by atoms with van der Waals surface area (Å²) >= 11 is 0. The van der Waals surface area contributed by atoms with Crippen LogP contribution >= 0.6 is 0 Å². The number of benzene rings is 1. The minimum absolute atomic E-state index is 0.130. The summed E-state index contributed by atoms with van der Waals surface area (Å²) in [7, 11) is 2.36. The minimum atomic E-state index is -0.130. The van der Waals surface area contributed by atoms with Gasteiger partial charge in [0.1, 0.15) is 24.6 Å². The van der Waals surface area contributed by atoms with Gasteiger partial charge in [0.25, 0.3) is 0 Å². The number of piperidine rings is 1. The molecule has 3 aliphatic heterocycles. The first-order valence-electron chi connectivity index (χ1n) is 8.84. The van der Waals surface area contributed by atoms with E-state index in [1.807, 2.05) is 6.07 Å². The predicted octanol–water partition coefficient (Wildman–Crippen LogP) is 2.71. The molecule has 2 saturated heterocycles. The van der Waals surface area contributed by atoms with Gasteiger partial charge in [-0.1, -0.05) is 18.2 Å². The van der Waals surface area contributed by atoms with E-state index in [0.717, 1.165) is 53.7 Å². The van der Waals surface area contributed by atoms with Crippen LogP contribution in [-0.2, 0) is 10.2 Å². The molecule has 24 heavy (non-hydrogen) atoms. The molecule has 4 aliphatic rings. The van der Waals surface area contributed by atoms with Crippen LogP contribution in [0.5, 0.6) is 5.75 Å². The molecule has 1 unspecified atom stereocenters. The van der Waals surface area contributed by atoms with Crippen molar-refractivity contribution in [1.82, 2.24) is 0 Å². The number of allylic oxidation sites excluding steroid dienone is 2. The zero-order chi connectivity index (χ0) is 16.7. The summed E-state index contributed by atoms with van der Waals surface area (Å²) in [5.74, 6) is 0.518. The van der Waals surface area contributed by atoms with Gasteiger partial charge < -0.3 is 14.9 Å². The number of quaternary nitrogens is 1. The zero-order valence-corrected chi connectivity index (χ0v) is 14.2. The van der Waals surface area contributed by atoms with Gasteiger partial charge in [0, 0.05) is 30.0 Å². The molecular weight excluding hydrogens is 300 g/mol. The van der Waals surface area contributed by atoms with E-state index in [-0.39, 0.29) is 17.1 Å². The van der Waals surface area contributed by atoms with Crippen LogP contribution in [0.1, 0.15) is 25.3 Å². The Labute approximate surface area is 142 Å². The molecule has 124 valence electrons. The molecule has 0 amide bonds. The van der Waals surface area contributed by atoms with Crippen molar-refractivity contribution in [3.05, 3.63) is 46.7 Å². The number of phenolic OH excluding ortho intramolecular Hbond substituents is 1. The smallest absolute Gasteiger partial charge is 0.148 e. The average molecular weight is 323 g/mol. The van der Waals surface area contributed by atoms with Gasteiger partial charge in [-0.05, 0) is 24.1 Å². The number of nitrogens with one attached hydrogen (secondary N) is 1. The van der Waals surface area contributed by atoms with E-state index in [4.69, 9.17) is 0 Å². The third kappa shape index (κ3) is 1.38. The molecule has 0 aromatic heterocycles. The molecule has 4 atom stereocenters. The first-order valence-corrected chi connectivity index (χ1v) is 8.84. The number of aromatic hydroxyl groups is 1. The summed E-state index contributed by atoms with van der Waals surface area (Å²) in [6.45, 7) is 4.24. The van der Waals surface area contributed by atoms with E-state index >= 15 is 0 Å². The second kappa shape index (κ2) is 4.31. The van der Waals surface area contributed by atoms with Crippen molar-refractivity contribution < 1.29 is 14.4 Å². The number of phenols is 1. The van der Waals surface area contributed by atoms with Crippen molar-refractivity contribution in [2.24, 2.45) is 5.92 Å². The number of para-hydroxylation sites is 1. The molecule has 1 aromatic rings. The Hall–Kier alpha value is -2.07. The van der Waals surface area contributed by atoms with Crippen LogP contribution in [0, 0.1) is 5.92 Å². The maximum Gasteiger partial charge on any atom is 0.148 e. The largest absolute Gasteiger partial charge is 0.506 e.